The number of halogens is 1. The number of hydrogen-bond acceptors (Lipinski definition) is 3. The molecule has 5 nitrogen and oxygen atoms in total. The number of aromatic nitrogens is 1. The van der Waals surface area contributed by atoms with Crippen LogP contribution >= 0.6 is 11.6 Å². The molecule has 86 valence electrons. The lowest BCUT2D eigenvalue weighted by atomic mass is 10.1. The Labute approximate surface area is 102 Å². The Morgan fingerprint density at radius 3 is 3.06 bits per heavy atom. The fourth-order valence-corrected chi connectivity index (χ4v) is 1.59. The Kier molecular flexibility index (Phi) is 3.20. The van der Waals surface area contributed by atoms with Crippen LogP contribution in [0.2, 0.25) is 5.02 Å². The summed E-state index contributed by atoms with van der Waals surface area (Å²) in [6.45, 7) is 0. The summed E-state index contributed by atoms with van der Waals surface area (Å²) in [6, 6.07) is 6.48. The number of benzene rings is 1. The van der Waals surface area contributed by atoms with E-state index in [-0.39, 0.29) is 0 Å². The molecule has 0 aliphatic heterocycles. The number of nitrogens with zero attached hydrogens (tertiary/aromatic N) is 2. The molecule has 0 aliphatic carbocycles. The monoisotopic (exact) mass is 248 g/mol. The number of nitrogens with one attached hydrogen (secondary N) is 1. The van der Waals surface area contributed by atoms with Crippen LogP contribution < -0.4 is 11.2 Å². The molecule has 0 aliphatic rings. The lowest BCUT2D eigenvalue weighted by Crippen LogP contribution is -2.24. The van der Waals surface area contributed by atoms with Crippen LogP contribution in [0.4, 0.5) is 4.79 Å². The van der Waals surface area contributed by atoms with Gasteiger partial charge in [-0.3, -0.25) is 4.98 Å². The van der Waals surface area contributed by atoms with E-state index in [4.69, 9.17) is 17.3 Å². The topological polar surface area (TPSA) is 80.4 Å². The second kappa shape index (κ2) is 4.80. The van der Waals surface area contributed by atoms with Crippen LogP contribution in [-0.4, -0.2) is 17.2 Å². The molecule has 0 saturated heterocycles. The number of rotatable bonds is 2. The second-order valence-corrected chi connectivity index (χ2v) is 3.71. The SMILES string of the molecule is NC(=O)NN=Cc1ccc2nccc(Cl)c2c1. The van der Waals surface area contributed by atoms with Crippen molar-refractivity contribution in [3.63, 3.8) is 0 Å². The van der Waals surface area contributed by atoms with Crippen LogP contribution in [0.25, 0.3) is 10.9 Å². The van der Waals surface area contributed by atoms with Gasteiger partial charge in [-0.05, 0) is 23.8 Å². The van der Waals surface area contributed by atoms with Crippen molar-refractivity contribution >= 4 is 34.7 Å². The number of amides is 2. The molecule has 1 aromatic heterocycles. The van der Waals surface area contributed by atoms with E-state index in [1.54, 1.807) is 12.3 Å². The average Bonchev–Trinajstić information content (AvgIpc) is 2.30. The molecule has 2 aromatic rings. The molecule has 0 bridgehead atoms. The van der Waals surface area contributed by atoms with Gasteiger partial charge in [0.2, 0.25) is 0 Å². The number of carbonyl (C=O) groups is 1. The summed E-state index contributed by atoms with van der Waals surface area (Å²) in [4.78, 5) is 14.6. The van der Waals surface area contributed by atoms with Crippen LogP contribution in [0.5, 0.6) is 0 Å². The van der Waals surface area contributed by atoms with Crippen molar-refractivity contribution in [2.75, 3.05) is 0 Å². The molecule has 0 spiro atoms. The summed E-state index contributed by atoms with van der Waals surface area (Å²) in [5, 5.41) is 5.11. The van der Waals surface area contributed by atoms with Gasteiger partial charge in [-0.25, -0.2) is 10.2 Å². The fraction of sp³-hybridized carbons (Fsp3) is 0. The maximum atomic E-state index is 10.4. The second-order valence-electron chi connectivity index (χ2n) is 3.30. The predicted octanol–water partition coefficient (Wildman–Crippen LogP) is 1.89. The van der Waals surface area contributed by atoms with Gasteiger partial charge in [-0.1, -0.05) is 17.7 Å². The van der Waals surface area contributed by atoms with E-state index in [1.807, 2.05) is 18.2 Å². The van der Waals surface area contributed by atoms with Gasteiger partial charge in [0.15, 0.2) is 0 Å². The number of fused-ring (bicyclic) bond motifs is 1. The minimum absolute atomic E-state index is 0.619. The summed E-state index contributed by atoms with van der Waals surface area (Å²) < 4.78 is 0. The van der Waals surface area contributed by atoms with Crippen molar-refractivity contribution in [1.29, 1.82) is 0 Å². The molecule has 0 saturated carbocycles. The lowest BCUT2D eigenvalue weighted by Gasteiger charge is -2.00. The van der Waals surface area contributed by atoms with Crippen LogP contribution in [0.15, 0.2) is 35.6 Å². The maximum absolute atomic E-state index is 10.4. The van der Waals surface area contributed by atoms with Crippen LogP contribution in [0.1, 0.15) is 5.56 Å². The highest BCUT2D eigenvalue weighted by atomic mass is 35.5. The summed E-state index contributed by atoms with van der Waals surface area (Å²) in [7, 11) is 0. The highest BCUT2D eigenvalue weighted by molar-refractivity contribution is 6.35. The molecule has 3 N–H and O–H groups in total. The number of primary amides is 1. The molecule has 1 heterocycles. The van der Waals surface area contributed by atoms with Gasteiger partial charge < -0.3 is 5.73 Å². The molecule has 0 fully saturated rings. The zero-order valence-electron chi connectivity index (χ0n) is 8.72. The molecular weight excluding hydrogens is 240 g/mol. The number of carbonyl (C=O) groups excluding carboxylic acids is 1. The third kappa shape index (κ3) is 2.70. The van der Waals surface area contributed by atoms with E-state index in [0.717, 1.165) is 16.5 Å². The van der Waals surface area contributed by atoms with Crippen molar-refractivity contribution in [3.8, 4) is 0 Å². The Morgan fingerprint density at radius 2 is 2.29 bits per heavy atom. The van der Waals surface area contributed by atoms with E-state index >= 15 is 0 Å². The van der Waals surface area contributed by atoms with Crippen molar-refractivity contribution in [2.45, 2.75) is 0 Å². The van der Waals surface area contributed by atoms with Crippen molar-refractivity contribution in [1.82, 2.24) is 10.4 Å². The van der Waals surface area contributed by atoms with Crippen molar-refractivity contribution in [3.05, 3.63) is 41.0 Å². The molecule has 6 heteroatoms. The van der Waals surface area contributed by atoms with Crippen LogP contribution in [0, 0.1) is 0 Å². The van der Waals surface area contributed by atoms with E-state index in [2.05, 4.69) is 15.5 Å². The molecule has 0 radical (unpaired) electrons. The van der Waals surface area contributed by atoms with Gasteiger partial charge in [0.25, 0.3) is 0 Å². The van der Waals surface area contributed by atoms with E-state index in [0.29, 0.717) is 5.02 Å². The molecule has 0 atom stereocenters. The Morgan fingerprint density at radius 1 is 1.47 bits per heavy atom. The highest BCUT2D eigenvalue weighted by Crippen LogP contribution is 2.21. The van der Waals surface area contributed by atoms with Gasteiger partial charge in [0.1, 0.15) is 0 Å². The van der Waals surface area contributed by atoms with Crippen LogP contribution in [0.3, 0.4) is 0 Å². The van der Waals surface area contributed by atoms with Gasteiger partial charge >= 0.3 is 6.03 Å². The number of pyridine rings is 1. The number of hydrazone groups is 1. The minimum atomic E-state index is -0.707. The molecule has 0 unspecified atom stereocenters. The molecule has 2 rings (SSSR count). The average molecular weight is 249 g/mol. The Hall–Kier alpha value is -2.14. The number of hydrogen-bond donors (Lipinski definition) is 2. The van der Waals surface area contributed by atoms with Gasteiger partial charge in [-0.2, -0.15) is 5.10 Å². The largest absolute Gasteiger partial charge is 0.350 e. The quantitative estimate of drug-likeness (QED) is 0.629. The minimum Gasteiger partial charge on any atom is -0.350 e. The molecule has 1 aromatic carbocycles. The third-order valence-corrected chi connectivity index (χ3v) is 2.43. The first-order valence-corrected chi connectivity index (χ1v) is 5.17. The summed E-state index contributed by atoms with van der Waals surface area (Å²) in [5.74, 6) is 0. The maximum Gasteiger partial charge on any atom is 0.332 e. The first-order chi connectivity index (χ1) is 8.16. The van der Waals surface area contributed by atoms with Gasteiger partial charge in [0.05, 0.1) is 16.8 Å². The first-order valence-electron chi connectivity index (χ1n) is 4.79. The standard InChI is InChI=1S/C11H9ClN4O/c12-9-3-4-14-10-2-1-7(5-8(9)10)6-15-16-11(13)17/h1-6H,(H3,13,16,17). The summed E-state index contributed by atoms with van der Waals surface area (Å²) in [6.07, 6.45) is 3.13. The lowest BCUT2D eigenvalue weighted by molar-refractivity contribution is 0.249. The molecular formula is C11H9ClN4O. The van der Waals surface area contributed by atoms with E-state index in [1.165, 1.54) is 6.21 Å². The highest BCUT2D eigenvalue weighted by Gasteiger charge is 2.00. The molecule has 17 heavy (non-hydrogen) atoms. The van der Waals surface area contributed by atoms with Crippen molar-refractivity contribution < 1.29 is 4.79 Å². The zero-order chi connectivity index (χ0) is 12.3. The summed E-state index contributed by atoms with van der Waals surface area (Å²) >= 11 is 6.04. The normalized spacial score (nSPS) is 10.9. The Bertz CT molecular complexity index is 597. The smallest absolute Gasteiger partial charge is 0.332 e. The van der Waals surface area contributed by atoms with E-state index in [9.17, 15) is 4.79 Å². The van der Waals surface area contributed by atoms with Crippen molar-refractivity contribution in [2.24, 2.45) is 10.8 Å². The van der Waals surface area contributed by atoms with E-state index < -0.39 is 6.03 Å². The number of nitrogens with two attached hydrogens (primary N) is 1. The third-order valence-electron chi connectivity index (χ3n) is 2.10. The molecule has 2 amide bonds. The first kappa shape index (κ1) is 11.3. The van der Waals surface area contributed by atoms with Crippen LogP contribution in [-0.2, 0) is 0 Å². The summed E-state index contributed by atoms with van der Waals surface area (Å²) in [5.41, 5.74) is 8.59. The fourth-order valence-electron chi connectivity index (χ4n) is 1.38. The van der Waals surface area contributed by atoms with Gasteiger partial charge in [0, 0.05) is 11.6 Å². The Balaban J connectivity index is 2.34. The number of urea groups is 1. The zero-order valence-corrected chi connectivity index (χ0v) is 9.48. The van der Waals surface area contributed by atoms with Gasteiger partial charge in [-0.15, -0.1) is 0 Å². The predicted molar refractivity (Wildman–Crippen MR) is 67.1 cm³/mol.